The molecule has 1 atom stereocenters. The number of rotatable bonds is 11. The Labute approximate surface area is 118 Å². The second-order valence-corrected chi connectivity index (χ2v) is 5.74. The number of aliphatic hydroxyl groups is 1. The van der Waals surface area contributed by atoms with Gasteiger partial charge in [-0.2, -0.15) is 0 Å². The average molecular weight is 272 g/mol. The molecule has 0 spiro atoms. The third-order valence-corrected chi connectivity index (χ3v) is 3.27. The van der Waals surface area contributed by atoms with Gasteiger partial charge in [0.2, 0.25) is 5.91 Å². The molecule has 0 aliphatic rings. The fraction of sp³-hybridized carbons (Fsp3) is 0.933. The molecule has 1 unspecified atom stereocenters. The molecule has 0 bridgehead atoms. The summed E-state index contributed by atoms with van der Waals surface area (Å²) in [4.78, 5) is 13.9. The van der Waals surface area contributed by atoms with Gasteiger partial charge in [0.05, 0.1) is 6.54 Å². The smallest absolute Gasteiger partial charge is 0.234 e. The van der Waals surface area contributed by atoms with E-state index in [1.807, 2.05) is 6.92 Å². The lowest BCUT2D eigenvalue weighted by molar-refractivity contribution is -0.122. The fourth-order valence-corrected chi connectivity index (χ4v) is 2.07. The van der Waals surface area contributed by atoms with Crippen LogP contribution < -0.4 is 5.32 Å². The van der Waals surface area contributed by atoms with E-state index in [1.54, 1.807) is 0 Å². The number of likely N-dealkylation sites (N-methyl/N-ethyl adjacent to an activating group) is 1. The van der Waals surface area contributed by atoms with Crippen molar-refractivity contribution in [3.05, 3.63) is 0 Å². The summed E-state index contributed by atoms with van der Waals surface area (Å²) in [7, 11) is 0. The highest BCUT2D eigenvalue weighted by Crippen LogP contribution is 2.08. The van der Waals surface area contributed by atoms with Gasteiger partial charge in [0.1, 0.15) is 0 Å². The van der Waals surface area contributed by atoms with E-state index in [1.165, 1.54) is 12.8 Å². The molecule has 0 aliphatic carbocycles. The van der Waals surface area contributed by atoms with Crippen LogP contribution in [0.3, 0.4) is 0 Å². The number of nitrogens with one attached hydrogen (secondary N) is 1. The van der Waals surface area contributed by atoms with E-state index in [2.05, 4.69) is 31.0 Å². The monoisotopic (exact) mass is 272 g/mol. The van der Waals surface area contributed by atoms with Crippen LogP contribution in [0.15, 0.2) is 0 Å². The fourth-order valence-electron chi connectivity index (χ4n) is 2.07. The minimum absolute atomic E-state index is 0.0943. The van der Waals surface area contributed by atoms with E-state index in [0.29, 0.717) is 6.54 Å². The maximum Gasteiger partial charge on any atom is 0.234 e. The predicted octanol–water partition coefficient (Wildman–Crippen LogP) is 2.02. The van der Waals surface area contributed by atoms with Gasteiger partial charge >= 0.3 is 0 Å². The van der Waals surface area contributed by atoms with Crippen LogP contribution in [0, 0.1) is 5.92 Å². The number of hydrogen-bond donors (Lipinski definition) is 2. The van der Waals surface area contributed by atoms with Crippen molar-refractivity contribution >= 4 is 5.91 Å². The Morgan fingerprint density at radius 3 is 2.42 bits per heavy atom. The normalized spacial score (nSPS) is 13.0. The average Bonchev–Trinajstić information content (AvgIpc) is 2.33. The lowest BCUT2D eigenvalue weighted by atomic mass is 10.0. The van der Waals surface area contributed by atoms with E-state index in [9.17, 15) is 4.79 Å². The van der Waals surface area contributed by atoms with Gasteiger partial charge in [-0.1, -0.05) is 33.6 Å². The van der Waals surface area contributed by atoms with Crippen LogP contribution in [0.1, 0.15) is 53.4 Å². The number of aliphatic hydroxyl groups excluding tert-OH is 1. The van der Waals surface area contributed by atoms with Crippen LogP contribution in [-0.4, -0.2) is 48.2 Å². The number of hydrogen-bond acceptors (Lipinski definition) is 3. The van der Waals surface area contributed by atoms with Crippen molar-refractivity contribution in [3.8, 4) is 0 Å². The largest absolute Gasteiger partial charge is 0.396 e. The minimum atomic E-state index is 0.0943. The van der Waals surface area contributed by atoms with Crippen LogP contribution in [0.4, 0.5) is 0 Å². The summed E-state index contributed by atoms with van der Waals surface area (Å²) in [5, 5.41) is 11.9. The molecule has 0 aromatic heterocycles. The number of carbonyl (C=O) groups is 1. The quantitative estimate of drug-likeness (QED) is 0.605. The molecule has 0 aromatic carbocycles. The lowest BCUT2D eigenvalue weighted by Crippen LogP contribution is -2.41. The van der Waals surface area contributed by atoms with Crippen molar-refractivity contribution < 1.29 is 9.90 Å². The molecule has 4 heteroatoms. The summed E-state index contributed by atoms with van der Waals surface area (Å²) < 4.78 is 0. The van der Waals surface area contributed by atoms with Crippen LogP contribution in [0.25, 0.3) is 0 Å². The van der Waals surface area contributed by atoms with E-state index in [4.69, 9.17) is 5.11 Å². The Bertz CT molecular complexity index is 232. The van der Waals surface area contributed by atoms with Crippen molar-refractivity contribution in [2.45, 2.75) is 59.4 Å². The highest BCUT2D eigenvalue weighted by Gasteiger charge is 2.11. The first-order valence-corrected chi connectivity index (χ1v) is 7.62. The Morgan fingerprint density at radius 1 is 1.21 bits per heavy atom. The Morgan fingerprint density at radius 2 is 1.89 bits per heavy atom. The SMILES string of the molecule is CCN(CCCO)CC(=O)NC(C)CCCC(C)C. The minimum Gasteiger partial charge on any atom is -0.396 e. The predicted molar refractivity (Wildman–Crippen MR) is 80.1 cm³/mol. The van der Waals surface area contributed by atoms with Gasteiger partial charge in [-0.15, -0.1) is 0 Å². The standard InChI is InChI=1S/C15H32N2O2/c1-5-17(10-7-11-18)12-15(19)16-14(4)9-6-8-13(2)3/h13-14,18H,5-12H2,1-4H3,(H,16,19). The molecule has 0 fully saturated rings. The van der Waals surface area contributed by atoms with Crippen LogP contribution >= 0.6 is 0 Å². The number of amides is 1. The second-order valence-electron chi connectivity index (χ2n) is 5.74. The third kappa shape index (κ3) is 11.0. The molecule has 0 saturated carbocycles. The summed E-state index contributed by atoms with van der Waals surface area (Å²) in [6.07, 6.45) is 4.16. The van der Waals surface area contributed by atoms with Crippen molar-refractivity contribution in [3.63, 3.8) is 0 Å². The highest BCUT2D eigenvalue weighted by molar-refractivity contribution is 5.78. The molecular weight excluding hydrogens is 240 g/mol. The zero-order chi connectivity index (χ0) is 14.7. The first-order chi connectivity index (χ1) is 8.99. The molecule has 0 heterocycles. The molecule has 1 amide bonds. The number of nitrogens with zero attached hydrogens (tertiary/aromatic N) is 1. The molecule has 19 heavy (non-hydrogen) atoms. The summed E-state index contributed by atoms with van der Waals surface area (Å²) in [6, 6.07) is 0.253. The van der Waals surface area contributed by atoms with Gasteiger partial charge in [0, 0.05) is 19.2 Å². The molecule has 2 N–H and O–H groups in total. The first kappa shape index (κ1) is 18.4. The van der Waals surface area contributed by atoms with Crippen molar-refractivity contribution in [1.29, 1.82) is 0 Å². The molecule has 0 radical (unpaired) electrons. The van der Waals surface area contributed by atoms with E-state index < -0.39 is 0 Å². The maximum absolute atomic E-state index is 11.9. The van der Waals surface area contributed by atoms with Gasteiger partial charge in [0.25, 0.3) is 0 Å². The molecule has 0 aliphatic heterocycles. The topological polar surface area (TPSA) is 52.6 Å². The van der Waals surface area contributed by atoms with E-state index >= 15 is 0 Å². The Hall–Kier alpha value is -0.610. The second kappa shape index (κ2) is 11.2. The molecule has 0 aromatic rings. The third-order valence-electron chi connectivity index (χ3n) is 3.27. The molecule has 4 nitrogen and oxygen atoms in total. The number of carbonyl (C=O) groups excluding carboxylic acids is 1. The van der Waals surface area contributed by atoms with E-state index in [0.717, 1.165) is 31.8 Å². The Kier molecular flexibility index (Phi) is 10.9. The molecular formula is C15H32N2O2. The zero-order valence-electron chi connectivity index (χ0n) is 13.1. The van der Waals surface area contributed by atoms with Crippen LogP contribution in [0.2, 0.25) is 0 Å². The molecule has 0 rings (SSSR count). The zero-order valence-corrected chi connectivity index (χ0v) is 13.1. The van der Waals surface area contributed by atoms with E-state index in [-0.39, 0.29) is 18.6 Å². The van der Waals surface area contributed by atoms with Crippen molar-refractivity contribution in [2.75, 3.05) is 26.2 Å². The van der Waals surface area contributed by atoms with Gasteiger partial charge < -0.3 is 10.4 Å². The van der Waals surface area contributed by atoms with Crippen LogP contribution in [0.5, 0.6) is 0 Å². The van der Waals surface area contributed by atoms with Crippen molar-refractivity contribution in [2.24, 2.45) is 5.92 Å². The molecule has 0 saturated heterocycles. The summed E-state index contributed by atoms with van der Waals surface area (Å²) in [5.74, 6) is 0.828. The van der Waals surface area contributed by atoms with Gasteiger partial charge in [0.15, 0.2) is 0 Å². The maximum atomic E-state index is 11.9. The highest BCUT2D eigenvalue weighted by atomic mass is 16.3. The molecule has 114 valence electrons. The first-order valence-electron chi connectivity index (χ1n) is 7.62. The summed E-state index contributed by atoms with van der Waals surface area (Å²) >= 11 is 0. The Balaban J connectivity index is 3.81. The summed E-state index contributed by atoms with van der Waals surface area (Å²) in [6.45, 7) is 10.8. The summed E-state index contributed by atoms with van der Waals surface area (Å²) in [5.41, 5.74) is 0. The van der Waals surface area contributed by atoms with Crippen LogP contribution in [-0.2, 0) is 4.79 Å². The lowest BCUT2D eigenvalue weighted by Gasteiger charge is -2.21. The van der Waals surface area contributed by atoms with Crippen molar-refractivity contribution in [1.82, 2.24) is 10.2 Å². The van der Waals surface area contributed by atoms with Gasteiger partial charge in [-0.3, -0.25) is 9.69 Å². The van der Waals surface area contributed by atoms with Gasteiger partial charge in [-0.05, 0) is 32.2 Å². The van der Waals surface area contributed by atoms with Gasteiger partial charge in [-0.25, -0.2) is 0 Å².